The molecule has 4 heterocycles. The molecule has 0 bridgehead atoms. The summed E-state index contributed by atoms with van der Waals surface area (Å²) in [7, 11) is 1.67. The second kappa shape index (κ2) is 11.2. The van der Waals surface area contributed by atoms with Gasteiger partial charge in [0.1, 0.15) is 16.4 Å². The zero-order valence-corrected chi connectivity index (χ0v) is 24.6. The Balaban J connectivity index is 1.44. The van der Waals surface area contributed by atoms with E-state index in [1.165, 1.54) is 28.4 Å². The van der Waals surface area contributed by atoms with Crippen LogP contribution in [0.1, 0.15) is 56.0 Å². The van der Waals surface area contributed by atoms with Crippen molar-refractivity contribution < 1.29 is 23.8 Å². The number of amides is 2. The highest BCUT2D eigenvalue weighted by Gasteiger charge is 2.41. The zero-order valence-electron chi connectivity index (χ0n) is 23.8. The van der Waals surface area contributed by atoms with Crippen LogP contribution in [0.2, 0.25) is 0 Å². The molecule has 0 aliphatic carbocycles. The van der Waals surface area contributed by atoms with Crippen LogP contribution >= 0.6 is 11.3 Å². The summed E-state index contributed by atoms with van der Waals surface area (Å²) < 4.78 is 21.7. The number of hydrogen-bond acceptors (Lipinski definition) is 9. The Morgan fingerprint density at radius 3 is 2.83 bits per heavy atom. The minimum Gasteiger partial charge on any atom is -0.444 e. The van der Waals surface area contributed by atoms with Gasteiger partial charge in [0, 0.05) is 32.2 Å². The van der Waals surface area contributed by atoms with Crippen molar-refractivity contribution in [1.29, 1.82) is 0 Å². The number of aliphatic hydroxyl groups is 1. The van der Waals surface area contributed by atoms with Crippen molar-refractivity contribution in [2.45, 2.75) is 71.6 Å². The highest BCUT2D eigenvalue weighted by atomic mass is 32.1. The quantitative estimate of drug-likeness (QED) is 0.439. The molecule has 2 aliphatic rings. The van der Waals surface area contributed by atoms with Crippen LogP contribution in [0.25, 0.3) is 10.2 Å². The first-order valence-corrected chi connectivity index (χ1v) is 14.3. The summed E-state index contributed by atoms with van der Waals surface area (Å²) in [5.74, 6) is 6.02. The lowest BCUT2D eigenvalue weighted by Crippen LogP contribution is -2.54. The molecule has 2 amide bonds. The standard InChI is InChI=1S/C28H34FN7O4S/c1-6-7-13-35-22-23(32-25(35)34-12-8-9-18(15-34)30-26(38)40-28(2,3)4)33(5)27(39)36(24(22)37)16-21-31-19-14-17(29)10-11-20(19)41-21/h10-11,14,18,27,39H,8-9,12-13,15-16H2,1-5H3,(H,30,38). The molecule has 2 aromatic heterocycles. The number of aromatic nitrogens is 3. The van der Waals surface area contributed by atoms with E-state index in [0.29, 0.717) is 41.1 Å². The second-order valence-corrected chi connectivity index (χ2v) is 12.3. The Kier molecular flexibility index (Phi) is 7.80. The molecule has 2 atom stereocenters. The van der Waals surface area contributed by atoms with E-state index >= 15 is 0 Å². The van der Waals surface area contributed by atoms with Crippen LogP contribution in [-0.4, -0.2) is 74.7 Å². The molecule has 2 unspecified atom stereocenters. The fourth-order valence-electron chi connectivity index (χ4n) is 5.06. The first-order chi connectivity index (χ1) is 19.4. The lowest BCUT2D eigenvalue weighted by atomic mass is 10.1. The average molecular weight is 584 g/mol. The van der Waals surface area contributed by atoms with Crippen molar-refractivity contribution >= 4 is 45.3 Å². The lowest BCUT2D eigenvalue weighted by Gasteiger charge is -2.38. The number of nitrogens with one attached hydrogen (secondary N) is 1. The van der Waals surface area contributed by atoms with Crippen molar-refractivity contribution in [1.82, 2.24) is 24.8 Å². The van der Waals surface area contributed by atoms with Crippen LogP contribution in [0.4, 0.5) is 21.0 Å². The molecule has 2 N–H and O–H groups in total. The molecule has 3 aromatic rings. The van der Waals surface area contributed by atoms with Gasteiger partial charge in [-0.3, -0.25) is 14.3 Å². The van der Waals surface area contributed by atoms with Gasteiger partial charge < -0.3 is 25.0 Å². The normalized spacial score (nSPS) is 19.2. The van der Waals surface area contributed by atoms with Crippen LogP contribution in [0.5, 0.6) is 0 Å². The molecule has 2 aliphatic heterocycles. The van der Waals surface area contributed by atoms with E-state index in [1.807, 2.05) is 25.7 Å². The Hall–Kier alpha value is -3.89. The highest BCUT2D eigenvalue weighted by Crippen LogP contribution is 2.35. The Labute approximate surface area is 241 Å². The number of ether oxygens (including phenoxy) is 1. The van der Waals surface area contributed by atoms with Gasteiger partial charge in [0.15, 0.2) is 11.5 Å². The molecule has 218 valence electrons. The van der Waals surface area contributed by atoms with Crippen molar-refractivity contribution in [3.63, 3.8) is 0 Å². The molecule has 41 heavy (non-hydrogen) atoms. The number of halogens is 1. The fourth-order valence-corrected chi connectivity index (χ4v) is 6.01. The van der Waals surface area contributed by atoms with Crippen molar-refractivity contribution in [2.75, 3.05) is 29.9 Å². The molecule has 0 spiro atoms. The van der Waals surface area contributed by atoms with E-state index in [0.717, 1.165) is 17.5 Å². The van der Waals surface area contributed by atoms with Gasteiger partial charge in [-0.15, -0.1) is 17.3 Å². The van der Waals surface area contributed by atoms with Crippen LogP contribution < -0.4 is 15.1 Å². The van der Waals surface area contributed by atoms with E-state index in [-0.39, 0.29) is 24.9 Å². The lowest BCUT2D eigenvalue weighted by molar-refractivity contribution is -0.000801. The second-order valence-electron chi connectivity index (χ2n) is 11.1. The number of rotatable bonds is 5. The fraction of sp³-hybridized carbons (Fsp3) is 0.500. The molecule has 5 rings (SSSR count). The molecule has 1 saturated heterocycles. The van der Waals surface area contributed by atoms with E-state index in [2.05, 4.69) is 22.1 Å². The number of fused-ring (bicyclic) bond motifs is 2. The van der Waals surface area contributed by atoms with Crippen LogP contribution in [0, 0.1) is 17.7 Å². The van der Waals surface area contributed by atoms with Crippen LogP contribution in [0.3, 0.4) is 0 Å². The molecule has 13 heteroatoms. The van der Waals surface area contributed by atoms with Gasteiger partial charge in [0.25, 0.3) is 5.91 Å². The number of imidazole rings is 1. The third kappa shape index (κ3) is 5.94. The summed E-state index contributed by atoms with van der Waals surface area (Å²) in [4.78, 5) is 40.5. The average Bonchev–Trinajstić information content (AvgIpc) is 3.48. The number of anilines is 2. The van der Waals surface area contributed by atoms with E-state index in [9.17, 15) is 19.1 Å². The van der Waals surface area contributed by atoms with E-state index in [4.69, 9.17) is 9.72 Å². The summed E-state index contributed by atoms with van der Waals surface area (Å²) in [5.41, 5.74) is 0.208. The summed E-state index contributed by atoms with van der Waals surface area (Å²) in [6.45, 7) is 8.59. The van der Waals surface area contributed by atoms with Crippen LogP contribution in [-0.2, 0) is 17.8 Å². The number of benzene rings is 1. The van der Waals surface area contributed by atoms with Crippen molar-refractivity contribution in [2.24, 2.45) is 0 Å². The van der Waals surface area contributed by atoms with Gasteiger partial charge in [-0.2, -0.15) is 4.98 Å². The maximum Gasteiger partial charge on any atom is 0.407 e. The highest BCUT2D eigenvalue weighted by molar-refractivity contribution is 7.18. The molecule has 11 nitrogen and oxygen atoms in total. The van der Waals surface area contributed by atoms with Crippen LogP contribution in [0.15, 0.2) is 18.2 Å². The number of hydrogen-bond donors (Lipinski definition) is 2. The third-order valence-corrected chi connectivity index (χ3v) is 7.91. The van der Waals surface area contributed by atoms with Crippen molar-refractivity contribution in [3.8, 4) is 11.8 Å². The number of piperidine rings is 1. The topological polar surface area (TPSA) is 116 Å². The van der Waals surface area contributed by atoms with Gasteiger partial charge in [0.05, 0.1) is 23.3 Å². The van der Waals surface area contributed by atoms with Gasteiger partial charge in [0.2, 0.25) is 12.3 Å². The summed E-state index contributed by atoms with van der Waals surface area (Å²) in [5, 5.41) is 14.7. The number of aliphatic hydroxyl groups excluding tert-OH is 1. The molecular weight excluding hydrogens is 549 g/mol. The van der Waals surface area contributed by atoms with E-state index in [1.54, 1.807) is 29.5 Å². The SMILES string of the molecule is CC#CCn1c(N2CCCC(NC(=O)OC(C)(C)C)C2)nc2c1C(=O)N(Cc1nc3cc(F)ccc3s1)C(O)N2C. The predicted molar refractivity (Wildman–Crippen MR) is 154 cm³/mol. The summed E-state index contributed by atoms with van der Waals surface area (Å²) in [6.07, 6.45) is -0.179. The summed E-state index contributed by atoms with van der Waals surface area (Å²) in [6, 6.07) is 4.20. The maximum absolute atomic E-state index is 13.9. The molecule has 0 saturated carbocycles. The first kappa shape index (κ1) is 28.6. The third-order valence-electron chi connectivity index (χ3n) is 6.89. The van der Waals surface area contributed by atoms with Gasteiger partial charge in [-0.25, -0.2) is 14.2 Å². The molecular formula is C28H34FN7O4S. The van der Waals surface area contributed by atoms with Crippen molar-refractivity contribution in [3.05, 3.63) is 34.7 Å². The largest absolute Gasteiger partial charge is 0.444 e. The minimum absolute atomic E-state index is 0.0380. The number of nitrogens with zero attached hydrogens (tertiary/aromatic N) is 6. The number of alkyl carbamates (subject to hydrolysis) is 1. The predicted octanol–water partition coefficient (Wildman–Crippen LogP) is 3.52. The van der Waals surface area contributed by atoms with Gasteiger partial charge in [-0.05, 0) is 52.7 Å². The minimum atomic E-state index is -1.28. The maximum atomic E-state index is 13.9. The number of carbonyl (C=O) groups excluding carboxylic acids is 2. The molecule has 1 aromatic carbocycles. The molecule has 1 fully saturated rings. The Bertz CT molecular complexity index is 1540. The summed E-state index contributed by atoms with van der Waals surface area (Å²) >= 11 is 1.34. The zero-order chi connectivity index (χ0) is 29.5. The Morgan fingerprint density at radius 2 is 2.10 bits per heavy atom. The van der Waals surface area contributed by atoms with E-state index < -0.39 is 24.0 Å². The molecule has 0 radical (unpaired) electrons. The number of thiazole rings is 1. The first-order valence-electron chi connectivity index (χ1n) is 13.5. The smallest absolute Gasteiger partial charge is 0.407 e. The van der Waals surface area contributed by atoms with Gasteiger partial charge in [-0.1, -0.05) is 5.92 Å². The number of carbonyl (C=O) groups is 2. The monoisotopic (exact) mass is 583 g/mol. The van der Waals surface area contributed by atoms with Gasteiger partial charge >= 0.3 is 6.09 Å². The Morgan fingerprint density at radius 1 is 1.32 bits per heavy atom.